The normalized spacial score (nSPS) is 14.6. The topological polar surface area (TPSA) is 88.1 Å². The smallest absolute Gasteiger partial charge is 0.333 e. The second kappa shape index (κ2) is 16.7. The molecule has 1 unspecified atom stereocenters. The third-order valence-electron chi connectivity index (χ3n) is 5.99. The van der Waals surface area contributed by atoms with Crippen LogP contribution in [0.1, 0.15) is 64.4 Å². The highest BCUT2D eigenvalue weighted by molar-refractivity contribution is 7.99. The number of nitrogens with one attached hydrogen (secondary N) is 1. The fraction of sp³-hybridized carbons (Fsp3) is 0.692. The van der Waals surface area contributed by atoms with Gasteiger partial charge >= 0.3 is 12.0 Å². The third kappa shape index (κ3) is 11.0. The van der Waals surface area contributed by atoms with Crippen LogP contribution in [0.2, 0.25) is 0 Å². The summed E-state index contributed by atoms with van der Waals surface area (Å²) in [4.78, 5) is 26.0. The summed E-state index contributed by atoms with van der Waals surface area (Å²) in [5.74, 6) is 1.82. The van der Waals surface area contributed by atoms with E-state index in [9.17, 15) is 14.7 Å². The Morgan fingerprint density at radius 3 is 2.50 bits per heavy atom. The van der Waals surface area contributed by atoms with Gasteiger partial charge in [-0.15, -0.1) is 0 Å². The predicted octanol–water partition coefficient (Wildman–Crippen LogP) is 4.98. The Balaban J connectivity index is 1.81. The van der Waals surface area contributed by atoms with Gasteiger partial charge in [0, 0.05) is 31.4 Å². The first-order chi connectivity index (χ1) is 16.5. The van der Waals surface area contributed by atoms with Crippen molar-refractivity contribution in [2.45, 2.75) is 77.4 Å². The molecule has 8 heteroatoms. The molecular formula is C26H42N2O5S. The van der Waals surface area contributed by atoms with Crippen LogP contribution in [0.25, 0.3) is 0 Å². The van der Waals surface area contributed by atoms with Crippen molar-refractivity contribution in [3.05, 3.63) is 29.8 Å². The molecule has 2 rings (SSSR count). The molecule has 0 saturated heterocycles. The lowest BCUT2D eigenvalue weighted by atomic mass is 10.1. The van der Waals surface area contributed by atoms with Crippen LogP contribution < -0.4 is 10.1 Å². The van der Waals surface area contributed by atoms with Gasteiger partial charge in [0.15, 0.2) is 6.10 Å². The number of aliphatic carboxylic acids is 1. The molecule has 192 valence electrons. The number of hydrogen-bond donors (Lipinski definition) is 2. The molecule has 0 bridgehead atoms. The predicted molar refractivity (Wildman–Crippen MR) is 138 cm³/mol. The summed E-state index contributed by atoms with van der Waals surface area (Å²) in [5.41, 5.74) is 0.880. The molecule has 1 fully saturated rings. The molecule has 1 aromatic rings. The number of thioether (sulfide) groups is 1. The maximum Gasteiger partial charge on any atom is 0.333 e. The average Bonchev–Trinajstić information content (AvgIpc) is 3.33. The molecule has 1 aliphatic rings. The van der Waals surface area contributed by atoms with E-state index in [1.165, 1.54) is 32.1 Å². The van der Waals surface area contributed by atoms with E-state index in [2.05, 4.69) is 12.2 Å². The molecule has 0 radical (unpaired) electrons. The number of carboxylic acid groups (broad SMARTS) is 1. The number of unbranched alkanes of at least 4 members (excludes halogenated alkanes) is 2. The minimum atomic E-state index is -0.957. The van der Waals surface area contributed by atoms with Crippen molar-refractivity contribution in [3.63, 3.8) is 0 Å². The van der Waals surface area contributed by atoms with Gasteiger partial charge in [-0.1, -0.05) is 44.7 Å². The number of hydrogen-bond acceptors (Lipinski definition) is 5. The van der Waals surface area contributed by atoms with E-state index in [0.717, 1.165) is 29.9 Å². The fourth-order valence-electron chi connectivity index (χ4n) is 4.01. The Morgan fingerprint density at radius 1 is 1.12 bits per heavy atom. The van der Waals surface area contributed by atoms with E-state index in [1.54, 1.807) is 6.92 Å². The Morgan fingerprint density at radius 2 is 1.85 bits per heavy atom. The molecule has 1 atom stereocenters. The minimum absolute atomic E-state index is 0.00985. The molecule has 1 saturated carbocycles. The maximum atomic E-state index is 12.9. The van der Waals surface area contributed by atoms with E-state index in [1.807, 2.05) is 40.9 Å². The van der Waals surface area contributed by atoms with Crippen LogP contribution >= 0.6 is 11.8 Å². The number of carbonyl (C=O) groups excluding carboxylic acids is 1. The minimum Gasteiger partial charge on any atom is -0.492 e. The number of ether oxygens (including phenoxy) is 2. The van der Waals surface area contributed by atoms with Gasteiger partial charge in [0.05, 0.1) is 6.54 Å². The molecule has 34 heavy (non-hydrogen) atoms. The van der Waals surface area contributed by atoms with Crippen molar-refractivity contribution in [3.8, 4) is 5.75 Å². The Bertz CT molecular complexity index is 710. The summed E-state index contributed by atoms with van der Waals surface area (Å²) < 4.78 is 11.2. The molecule has 0 heterocycles. The highest BCUT2D eigenvalue weighted by Crippen LogP contribution is 2.18. The molecule has 2 N–H and O–H groups in total. The Hall–Kier alpha value is -1.93. The summed E-state index contributed by atoms with van der Waals surface area (Å²) in [6.07, 6.45) is 7.70. The van der Waals surface area contributed by atoms with Gasteiger partial charge in [0.2, 0.25) is 0 Å². The molecule has 7 nitrogen and oxygen atoms in total. The number of amides is 2. The zero-order valence-electron chi connectivity index (χ0n) is 20.8. The van der Waals surface area contributed by atoms with Crippen LogP contribution in [0.15, 0.2) is 24.3 Å². The molecule has 1 aromatic carbocycles. The molecule has 0 spiro atoms. The standard InChI is InChI=1S/C26H42N2O5S/c1-3-5-8-18-34-19-16-28(26(31)27-22-9-6-7-10-22)15-17-33-23-13-11-21(12-14-23)20-24(25(29)30)32-4-2/h11-14,22,24H,3-10,15-20H2,1-2H3,(H,27,31)(H,29,30). The lowest BCUT2D eigenvalue weighted by molar-refractivity contribution is -0.149. The van der Waals surface area contributed by atoms with Crippen LogP contribution in [0.4, 0.5) is 4.79 Å². The number of carbonyl (C=O) groups is 2. The number of urea groups is 1. The number of rotatable bonds is 17. The molecule has 0 aromatic heterocycles. The van der Waals surface area contributed by atoms with Gasteiger partial charge in [0.25, 0.3) is 0 Å². The number of carboxylic acids is 1. The first-order valence-corrected chi connectivity index (χ1v) is 13.9. The van der Waals surface area contributed by atoms with Gasteiger partial charge in [-0.3, -0.25) is 0 Å². The lowest BCUT2D eigenvalue weighted by Crippen LogP contribution is -2.46. The fourth-order valence-corrected chi connectivity index (χ4v) is 4.97. The third-order valence-corrected chi connectivity index (χ3v) is 7.03. The van der Waals surface area contributed by atoms with Crippen LogP contribution in [0.3, 0.4) is 0 Å². The highest BCUT2D eigenvalue weighted by atomic mass is 32.2. The summed E-state index contributed by atoms with van der Waals surface area (Å²) in [5, 5.41) is 12.4. The molecule has 0 aliphatic heterocycles. The van der Waals surface area contributed by atoms with Crippen molar-refractivity contribution in [1.29, 1.82) is 0 Å². The summed E-state index contributed by atoms with van der Waals surface area (Å²) in [6.45, 7) is 6.01. The first-order valence-electron chi connectivity index (χ1n) is 12.7. The van der Waals surface area contributed by atoms with Gasteiger partial charge in [0.1, 0.15) is 12.4 Å². The van der Waals surface area contributed by atoms with E-state index in [4.69, 9.17) is 9.47 Å². The molecule has 2 amide bonds. The Labute approximate surface area is 209 Å². The van der Waals surface area contributed by atoms with Gasteiger partial charge in [-0.2, -0.15) is 11.8 Å². The van der Waals surface area contributed by atoms with E-state index in [0.29, 0.717) is 44.5 Å². The second-order valence-electron chi connectivity index (χ2n) is 8.72. The molecular weight excluding hydrogens is 452 g/mol. The van der Waals surface area contributed by atoms with Crippen molar-refractivity contribution in [2.75, 3.05) is 37.8 Å². The van der Waals surface area contributed by atoms with E-state index in [-0.39, 0.29) is 6.03 Å². The second-order valence-corrected chi connectivity index (χ2v) is 9.94. The lowest BCUT2D eigenvalue weighted by Gasteiger charge is -2.25. The van der Waals surface area contributed by atoms with Crippen molar-refractivity contribution >= 4 is 23.8 Å². The molecule has 1 aliphatic carbocycles. The zero-order valence-corrected chi connectivity index (χ0v) is 21.6. The number of nitrogens with zero attached hydrogens (tertiary/aromatic N) is 1. The van der Waals surface area contributed by atoms with Crippen LogP contribution in [0.5, 0.6) is 5.75 Å². The van der Waals surface area contributed by atoms with E-state index < -0.39 is 12.1 Å². The van der Waals surface area contributed by atoms with Gasteiger partial charge in [-0.05, 0) is 49.6 Å². The monoisotopic (exact) mass is 494 g/mol. The highest BCUT2D eigenvalue weighted by Gasteiger charge is 2.21. The van der Waals surface area contributed by atoms with Gasteiger partial charge in [-0.25, -0.2) is 9.59 Å². The largest absolute Gasteiger partial charge is 0.492 e. The zero-order chi connectivity index (χ0) is 24.6. The quantitative estimate of drug-likeness (QED) is 0.297. The maximum absolute atomic E-state index is 12.9. The summed E-state index contributed by atoms with van der Waals surface area (Å²) in [7, 11) is 0. The Kier molecular flexibility index (Phi) is 13.9. The van der Waals surface area contributed by atoms with Crippen LogP contribution in [0, 0.1) is 0 Å². The van der Waals surface area contributed by atoms with Crippen LogP contribution in [-0.4, -0.2) is 72.0 Å². The van der Waals surface area contributed by atoms with E-state index >= 15 is 0 Å². The SMILES string of the molecule is CCCCCSCCN(CCOc1ccc(CC(OCC)C(=O)O)cc1)C(=O)NC1CCCC1. The first kappa shape index (κ1) is 28.3. The van der Waals surface area contributed by atoms with Crippen molar-refractivity contribution < 1.29 is 24.2 Å². The summed E-state index contributed by atoms with van der Waals surface area (Å²) in [6, 6.07) is 7.71. The number of benzene rings is 1. The van der Waals surface area contributed by atoms with Crippen molar-refractivity contribution in [2.24, 2.45) is 0 Å². The van der Waals surface area contributed by atoms with Gasteiger partial charge < -0.3 is 24.8 Å². The van der Waals surface area contributed by atoms with Crippen molar-refractivity contribution in [1.82, 2.24) is 10.2 Å². The summed E-state index contributed by atoms with van der Waals surface area (Å²) >= 11 is 1.91. The average molecular weight is 495 g/mol. The van der Waals surface area contributed by atoms with Crippen LogP contribution in [-0.2, 0) is 16.0 Å².